The van der Waals surface area contributed by atoms with Gasteiger partial charge >= 0.3 is 0 Å². The van der Waals surface area contributed by atoms with Crippen molar-refractivity contribution in [3.63, 3.8) is 0 Å². The summed E-state index contributed by atoms with van der Waals surface area (Å²) in [6.07, 6.45) is 3.27. The van der Waals surface area contributed by atoms with Crippen LogP contribution in [0.5, 0.6) is 0 Å². The lowest BCUT2D eigenvalue weighted by atomic mass is 10.4. The largest absolute Gasteiger partial charge is 0.297 e. The van der Waals surface area contributed by atoms with E-state index >= 15 is 0 Å². The lowest BCUT2D eigenvalue weighted by molar-refractivity contribution is 0.899. The van der Waals surface area contributed by atoms with Crippen LogP contribution in [0.2, 0.25) is 0 Å². The van der Waals surface area contributed by atoms with E-state index < -0.39 is 0 Å². The summed E-state index contributed by atoms with van der Waals surface area (Å²) in [5.41, 5.74) is 1.59. The Hall–Kier alpha value is -1.58. The number of aryl methyl sites for hydroxylation is 1. The van der Waals surface area contributed by atoms with Gasteiger partial charge in [-0.15, -0.1) is 0 Å². The van der Waals surface area contributed by atoms with Crippen molar-refractivity contribution < 1.29 is 0 Å². The Bertz CT molecular complexity index is 440. The van der Waals surface area contributed by atoms with Gasteiger partial charge in [0, 0.05) is 24.0 Å². The number of hydrogen-bond donors (Lipinski definition) is 1. The Morgan fingerprint density at radius 1 is 1.64 bits per heavy atom. The van der Waals surface area contributed by atoms with Crippen molar-refractivity contribution in [3.8, 4) is 0 Å². The Morgan fingerprint density at radius 2 is 2.45 bits per heavy atom. The van der Waals surface area contributed by atoms with Gasteiger partial charge in [-0.05, 0) is 6.92 Å². The molecule has 0 aliphatic heterocycles. The van der Waals surface area contributed by atoms with Gasteiger partial charge in [-0.2, -0.15) is 0 Å². The van der Waals surface area contributed by atoms with Crippen LogP contribution in [-0.2, 0) is 0 Å². The third-order valence-electron chi connectivity index (χ3n) is 1.61. The fourth-order valence-corrected chi connectivity index (χ4v) is 1.04. The van der Waals surface area contributed by atoms with Crippen molar-refractivity contribution in [2.75, 3.05) is 0 Å². The summed E-state index contributed by atoms with van der Waals surface area (Å²) in [6.45, 7) is 1.90. The molecule has 0 saturated heterocycles. The van der Waals surface area contributed by atoms with Gasteiger partial charge in [0.15, 0.2) is 5.65 Å². The van der Waals surface area contributed by atoms with E-state index in [1.54, 1.807) is 6.20 Å². The van der Waals surface area contributed by atoms with E-state index in [1.165, 1.54) is 16.8 Å². The molecule has 0 fully saturated rings. The number of hydrogen-bond acceptors (Lipinski definition) is 2. The number of H-pyrrole nitrogens is 1. The quantitative estimate of drug-likeness (QED) is 0.586. The number of fused-ring (bicyclic) bond motifs is 1. The second kappa shape index (κ2) is 1.95. The Kier molecular flexibility index (Phi) is 1.09. The molecule has 56 valence electrons. The van der Waals surface area contributed by atoms with Crippen LogP contribution in [0.3, 0.4) is 0 Å². The van der Waals surface area contributed by atoms with Crippen molar-refractivity contribution in [1.29, 1.82) is 0 Å². The van der Waals surface area contributed by atoms with Gasteiger partial charge in [-0.1, -0.05) is 0 Å². The van der Waals surface area contributed by atoms with Crippen LogP contribution >= 0.6 is 0 Å². The molecule has 2 heterocycles. The maximum atomic E-state index is 11.1. The molecule has 0 amide bonds. The molecular formula is C7H7N3O. The molecule has 0 aromatic carbocycles. The molecule has 2 aromatic rings. The Labute approximate surface area is 62.5 Å². The van der Waals surface area contributed by atoms with Crippen LogP contribution in [0.1, 0.15) is 5.56 Å². The molecule has 1 N–H and O–H groups in total. The molecule has 0 aliphatic rings. The van der Waals surface area contributed by atoms with Crippen LogP contribution in [-0.4, -0.2) is 14.6 Å². The normalized spacial score (nSPS) is 10.6. The van der Waals surface area contributed by atoms with E-state index in [1.807, 2.05) is 6.92 Å². The van der Waals surface area contributed by atoms with E-state index in [4.69, 9.17) is 0 Å². The van der Waals surface area contributed by atoms with Gasteiger partial charge < -0.3 is 0 Å². The van der Waals surface area contributed by atoms with Crippen LogP contribution in [0.15, 0.2) is 23.3 Å². The van der Waals surface area contributed by atoms with Gasteiger partial charge in [0.2, 0.25) is 0 Å². The predicted molar refractivity (Wildman–Crippen MR) is 40.5 cm³/mol. The number of rotatable bonds is 0. The lowest BCUT2D eigenvalue weighted by Gasteiger charge is -1.88. The summed E-state index contributed by atoms with van der Waals surface area (Å²) in [5, 5.41) is 2.80. The van der Waals surface area contributed by atoms with E-state index in [0.29, 0.717) is 5.65 Å². The zero-order valence-electron chi connectivity index (χ0n) is 6.03. The first-order chi connectivity index (χ1) is 5.29. The molecule has 0 radical (unpaired) electrons. The monoisotopic (exact) mass is 149 g/mol. The van der Waals surface area contributed by atoms with E-state index in [9.17, 15) is 4.79 Å². The third-order valence-corrected chi connectivity index (χ3v) is 1.61. The lowest BCUT2D eigenvalue weighted by Crippen LogP contribution is -2.12. The molecule has 0 bridgehead atoms. The minimum atomic E-state index is -0.0805. The van der Waals surface area contributed by atoms with Gasteiger partial charge in [0.1, 0.15) is 0 Å². The number of aromatic amines is 1. The SMILES string of the molecule is Cc1c[nH]n2c(=O)ccnc12. The fourth-order valence-electron chi connectivity index (χ4n) is 1.04. The first-order valence-corrected chi connectivity index (χ1v) is 3.31. The molecule has 0 aliphatic carbocycles. The van der Waals surface area contributed by atoms with Crippen molar-refractivity contribution in [1.82, 2.24) is 14.6 Å². The van der Waals surface area contributed by atoms with Gasteiger partial charge in [-0.25, -0.2) is 9.50 Å². The smallest absolute Gasteiger partial charge is 0.272 e. The fraction of sp³-hybridized carbons (Fsp3) is 0.143. The molecule has 4 heteroatoms. The minimum Gasteiger partial charge on any atom is -0.297 e. The van der Waals surface area contributed by atoms with Crippen molar-refractivity contribution >= 4 is 5.65 Å². The standard InChI is InChI=1S/C7H7N3O/c1-5-4-9-10-6(11)2-3-8-7(5)10/h2-4,9H,1H3. The van der Waals surface area contributed by atoms with Crippen LogP contribution in [0.25, 0.3) is 5.65 Å². The Morgan fingerprint density at radius 3 is 3.18 bits per heavy atom. The molecule has 0 atom stereocenters. The first kappa shape index (κ1) is 6.15. The van der Waals surface area contributed by atoms with Crippen molar-refractivity contribution in [2.24, 2.45) is 0 Å². The second-order valence-electron chi connectivity index (χ2n) is 2.40. The summed E-state index contributed by atoms with van der Waals surface area (Å²) >= 11 is 0. The molecular weight excluding hydrogens is 142 g/mol. The summed E-state index contributed by atoms with van der Waals surface area (Å²) < 4.78 is 1.41. The first-order valence-electron chi connectivity index (χ1n) is 3.31. The van der Waals surface area contributed by atoms with Crippen molar-refractivity contribution in [3.05, 3.63) is 34.4 Å². The van der Waals surface area contributed by atoms with E-state index in [-0.39, 0.29) is 5.56 Å². The highest BCUT2D eigenvalue weighted by atomic mass is 16.1. The second-order valence-corrected chi connectivity index (χ2v) is 2.40. The van der Waals surface area contributed by atoms with Crippen LogP contribution < -0.4 is 5.56 Å². The van der Waals surface area contributed by atoms with Gasteiger partial charge in [-0.3, -0.25) is 9.89 Å². The number of aromatic nitrogens is 3. The van der Waals surface area contributed by atoms with Gasteiger partial charge in [0.25, 0.3) is 5.56 Å². The average molecular weight is 149 g/mol. The zero-order valence-corrected chi connectivity index (χ0v) is 6.03. The number of nitrogens with one attached hydrogen (secondary N) is 1. The highest BCUT2D eigenvalue weighted by Gasteiger charge is 1.99. The summed E-state index contributed by atoms with van der Waals surface area (Å²) in [6, 6.07) is 1.42. The van der Waals surface area contributed by atoms with Crippen LogP contribution in [0.4, 0.5) is 0 Å². The van der Waals surface area contributed by atoms with E-state index in [2.05, 4.69) is 10.1 Å². The molecule has 0 unspecified atom stereocenters. The van der Waals surface area contributed by atoms with Gasteiger partial charge in [0.05, 0.1) is 0 Å². The van der Waals surface area contributed by atoms with Crippen LogP contribution in [0, 0.1) is 6.92 Å². The Balaban J connectivity index is 3.06. The molecule has 4 nitrogen and oxygen atoms in total. The maximum Gasteiger partial charge on any atom is 0.272 e. The van der Waals surface area contributed by atoms with Crippen molar-refractivity contribution in [2.45, 2.75) is 6.92 Å². The molecule has 2 aromatic heterocycles. The predicted octanol–water partition coefficient (Wildman–Crippen LogP) is 0.331. The van der Waals surface area contributed by atoms with E-state index in [0.717, 1.165) is 5.56 Å². The maximum absolute atomic E-state index is 11.1. The third kappa shape index (κ3) is 0.756. The molecule has 11 heavy (non-hydrogen) atoms. The summed E-state index contributed by atoms with van der Waals surface area (Å²) in [5.74, 6) is 0. The summed E-state index contributed by atoms with van der Waals surface area (Å²) in [7, 11) is 0. The molecule has 2 rings (SSSR count). The highest BCUT2D eigenvalue weighted by Crippen LogP contribution is 2.00. The number of nitrogens with zero attached hydrogens (tertiary/aromatic N) is 2. The zero-order chi connectivity index (χ0) is 7.84. The topological polar surface area (TPSA) is 50.2 Å². The highest BCUT2D eigenvalue weighted by molar-refractivity contribution is 5.44. The molecule has 0 saturated carbocycles. The molecule has 0 spiro atoms. The minimum absolute atomic E-state index is 0.0805. The average Bonchev–Trinajstić information content (AvgIpc) is 2.35. The summed E-state index contributed by atoms with van der Waals surface area (Å²) in [4.78, 5) is 15.1.